The molecular formula is C24H20N2O3. The van der Waals surface area contributed by atoms with E-state index in [4.69, 9.17) is 11.2 Å². The molecule has 2 amide bonds. The van der Waals surface area contributed by atoms with Crippen molar-refractivity contribution in [1.82, 2.24) is 0 Å². The summed E-state index contributed by atoms with van der Waals surface area (Å²) in [4.78, 5) is 25.6. The molecule has 3 aromatic rings. The van der Waals surface area contributed by atoms with Crippen LogP contribution < -0.4 is 15.4 Å². The van der Waals surface area contributed by atoms with Gasteiger partial charge in [-0.05, 0) is 61.0 Å². The second kappa shape index (κ2) is 8.77. The van der Waals surface area contributed by atoms with Crippen LogP contribution in [0.4, 0.5) is 11.4 Å². The summed E-state index contributed by atoms with van der Waals surface area (Å²) >= 11 is 0. The molecule has 2 N–H and O–H groups in total. The minimum absolute atomic E-state index is 0.298. The van der Waals surface area contributed by atoms with Crippen LogP contribution in [0.1, 0.15) is 31.8 Å². The Bertz CT molecular complexity index is 1080. The van der Waals surface area contributed by atoms with Gasteiger partial charge in [0.25, 0.3) is 11.8 Å². The molecule has 0 aliphatic rings. The van der Waals surface area contributed by atoms with Crippen molar-refractivity contribution < 1.29 is 14.3 Å². The maximum atomic E-state index is 13.0. The Morgan fingerprint density at radius 2 is 1.62 bits per heavy atom. The summed E-state index contributed by atoms with van der Waals surface area (Å²) in [5.41, 5.74) is 3.22. The highest BCUT2D eigenvalue weighted by atomic mass is 16.5. The first-order chi connectivity index (χ1) is 14.0. The summed E-state index contributed by atoms with van der Waals surface area (Å²) < 4.78 is 5.42. The van der Waals surface area contributed by atoms with Crippen LogP contribution in [0.2, 0.25) is 0 Å². The number of carbonyl (C=O) groups is 2. The second-order valence-electron chi connectivity index (χ2n) is 6.39. The molecule has 29 heavy (non-hydrogen) atoms. The Hall–Kier alpha value is -4.04. The lowest BCUT2D eigenvalue weighted by Crippen LogP contribution is -2.19. The zero-order chi connectivity index (χ0) is 20.8. The van der Waals surface area contributed by atoms with Gasteiger partial charge in [-0.15, -0.1) is 6.42 Å². The predicted octanol–water partition coefficient (Wildman–Crippen LogP) is 4.49. The number of benzene rings is 3. The van der Waals surface area contributed by atoms with Gasteiger partial charge in [-0.25, -0.2) is 0 Å². The molecule has 0 fully saturated rings. The van der Waals surface area contributed by atoms with Crippen LogP contribution in [0.5, 0.6) is 5.75 Å². The Labute approximate surface area is 169 Å². The number of anilines is 2. The minimum Gasteiger partial charge on any atom is -0.495 e. The average molecular weight is 384 g/mol. The molecule has 0 aliphatic heterocycles. The van der Waals surface area contributed by atoms with E-state index in [1.54, 1.807) is 60.7 Å². The molecule has 5 nitrogen and oxygen atoms in total. The summed E-state index contributed by atoms with van der Waals surface area (Å²) in [6, 6.07) is 19.2. The molecule has 3 aromatic carbocycles. The first kappa shape index (κ1) is 19.7. The SMILES string of the molecule is C#Cc1ccc(NC(=O)c2cc(C)cc(OC)c2NC(=O)c2ccccc2)cc1. The van der Waals surface area contributed by atoms with Gasteiger partial charge in [-0.3, -0.25) is 9.59 Å². The highest BCUT2D eigenvalue weighted by Crippen LogP contribution is 2.31. The Kier molecular flexibility index (Phi) is 5.96. The van der Waals surface area contributed by atoms with Gasteiger partial charge < -0.3 is 15.4 Å². The van der Waals surface area contributed by atoms with Crippen LogP contribution in [0, 0.1) is 19.3 Å². The second-order valence-corrected chi connectivity index (χ2v) is 6.39. The molecule has 0 bridgehead atoms. The fraction of sp³-hybridized carbons (Fsp3) is 0.0833. The van der Waals surface area contributed by atoms with Crippen LogP contribution >= 0.6 is 0 Å². The van der Waals surface area contributed by atoms with E-state index >= 15 is 0 Å². The van der Waals surface area contributed by atoms with E-state index in [0.717, 1.165) is 11.1 Å². The number of amides is 2. The Morgan fingerprint density at radius 3 is 2.24 bits per heavy atom. The minimum atomic E-state index is -0.371. The molecule has 0 aromatic heterocycles. The van der Waals surface area contributed by atoms with Gasteiger partial charge in [0.15, 0.2) is 0 Å². The summed E-state index contributed by atoms with van der Waals surface area (Å²) in [7, 11) is 1.49. The van der Waals surface area contributed by atoms with E-state index in [9.17, 15) is 9.59 Å². The lowest BCUT2D eigenvalue weighted by Gasteiger charge is -2.16. The summed E-state index contributed by atoms with van der Waals surface area (Å²) in [6.07, 6.45) is 5.36. The molecule has 0 heterocycles. The maximum absolute atomic E-state index is 13.0. The van der Waals surface area contributed by atoms with Crippen molar-refractivity contribution in [2.45, 2.75) is 6.92 Å². The molecule has 0 unspecified atom stereocenters. The van der Waals surface area contributed by atoms with Gasteiger partial charge in [0.1, 0.15) is 5.75 Å². The third-order valence-corrected chi connectivity index (χ3v) is 4.29. The van der Waals surface area contributed by atoms with E-state index in [0.29, 0.717) is 28.3 Å². The topological polar surface area (TPSA) is 67.4 Å². The van der Waals surface area contributed by atoms with Crippen molar-refractivity contribution in [3.63, 3.8) is 0 Å². The first-order valence-corrected chi connectivity index (χ1v) is 8.95. The summed E-state index contributed by atoms with van der Waals surface area (Å²) in [6.45, 7) is 1.85. The molecular weight excluding hydrogens is 364 g/mol. The Balaban J connectivity index is 1.94. The zero-order valence-corrected chi connectivity index (χ0v) is 16.2. The standard InChI is InChI=1S/C24H20N2O3/c1-4-17-10-12-19(13-11-17)25-24(28)20-14-16(2)15-21(29-3)22(20)26-23(27)18-8-6-5-7-9-18/h1,5-15H,2-3H3,(H,25,28)(H,26,27). The zero-order valence-electron chi connectivity index (χ0n) is 16.2. The quantitative estimate of drug-likeness (QED) is 0.637. The first-order valence-electron chi connectivity index (χ1n) is 8.95. The number of nitrogens with one attached hydrogen (secondary N) is 2. The number of hydrogen-bond donors (Lipinski definition) is 2. The fourth-order valence-electron chi connectivity index (χ4n) is 2.85. The van der Waals surface area contributed by atoms with Gasteiger partial charge in [-0.2, -0.15) is 0 Å². The van der Waals surface area contributed by atoms with Gasteiger partial charge in [-0.1, -0.05) is 24.1 Å². The lowest BCUT2D eigenvalue weighted by atomic mass is 10.1. The molecule has 0 spiro atoms. The van der Waals surface area contributed by atoms with Crippen molar-refractivity contribution in [3.8, 4) is 18.1 Å². The number of hydrogen-bond acceptors (Lipinski definition) is 3. The van der Waals surface area contributed by atoms with Gasteiger partial charge >= 0.3 is 0 Å². The Morgan fingerprint density at radius 1 is 0.931 bits per heavy atom. The maximum Gasteiger partial charge on any atom is 0.257 e. The molecule has 3 rings (SSSR count). The molecule has 0 radical (unpaired) electrons. The van der Waals surface area contributed by atoms with Crippen molar-refractivity contribution >= 4 is 23.2 Å². The number of aryl methyl sites for hydroxylation is 1. The lowest BCUT2D eigenvalue weighted by molar-refractivity contribution is 0.102. The fourth-order valence-corrected chi connectivity index (χ4v) is 2.85. The highest BCUT2D eigenvalue weighted by Gasteiger charge is 2.20. The van der Waals surface area contributed by atoms with Crippen molar-refractivity contribution in [3.05, 3.63) is 89.0 Å². The van der Waals surface area contributed by atoms with Crippen molar-refractivity contribution in [2.75, 3.05) is 17.7 Å². The largest absolute Gasteiger partial charge is 0.495 e. The average Bonchev–Trinajstić information content (AvgIpc) is 2.75. The van der Waals surface area contributed by atoms with Crippen molar-refractivity contribution in [2.24, 2.45) is 0 Å². The molecule has 0 aliphatic carbocycles. The molecule has 0 saturated heterocycles. The van der Waals surface area contributed by atoms with Crippen LogP contribution in [0.25, 0.3) is 0 Å². The number of methoxy groups -OCH3 is 1. The molecule has 0 atom stereocenters. The number of terminal acetylenes is 1. The van der Waals surface area contributed by atoms with E-state index in [2.05, 4.69) is 16.6 Å². The smallest absolute Gasteiger partial charge is 0.257 e. The van der Waals surface area contributed by atoms with Crippen LogP contribution in [0.15, 0.2) is 66.7 Å². The van der Waals surface area contributed by atoms with E-state index in [1.807, 2.05) is 13.0 Å². The normalized spacial score (nSPS) is 9.97. The summed E-state index contributed by atoms with van der Waals surface area (Å²) in [5, 5.41) is 5.63. The predicted molar refractivity (Wildman–Crippen MR) is 114 cm³/mol. The number of rotatable bonds is 5. The third kappa shape index (κ3) is 4.63. The van der Waals surface area contributed by atoms with E-state index < -0.39 is 0 Å². The number of ether oxygens (including phenoxy) is 1. The van der Waals surface area contributed by atoms with Gasteiger partial charge in [0, 0.05) is 16.8 Å². The van der Waals surface area contributed by atoms with Crippen molar-refractivity contribution in [1.29, 1.82) is 0 Å². The molecule has 0 saturated carbocycles. The van der Waals surface area contributed by atoms with Gasteiger partial charge in [0.05, 0.1) is 18.4 Å². The van der Waals surface area contributed by atoms with E-state index in [1.165, 1.54) is 7.11 Å². The van der Waals surface area contributed by atoms with E-state index in [-0.39, 0.29) is 11.8 Å². The van der Waals surface area contributed by atoms with Crippen LogP contribution in [-0.2, 0) is 0 Å². The molecule has 5 heteroatoms. The summed E-state index contributed by atoms with van der Waals surface area (Å²) in [5.74, 6) is 2.23. The molecule has 144 valence electrons. The van der Waals surface area contributed by atoms with Gasteiger partial charge in [0.2, 0.25) is 0 Å². The van der Waals surface area contributed by atoms with Crippen LogP contribution in [0.3, 0.4) is 0 Å². The number of carbonyl (C=O) groups excluding carboxylic acids is 2. The van der Waals surface area contributed by atoms with Crippen LogP contribution in [-0.4, -0.2) is 18.9 Å². The highest BCUT2D eigenvalue weighted by molar-refractivity contribution is 6.13. The third-order valence-electron chi connectivity index (χ3n) is 4.29. The monoisotopic (exact) mass is 384 g/mol.